The molecule has 0 radical (unpaired) electrons. The first-order chi connectivity index (χ1) is 10.1. The summed E-state index contributed by atoms with van der Waals surface area (Å²) >= 11 is 2.70. The van der Waals surface area contributed by atoms with Crippen LogP contribution in [-0.4, -0.2) is 40.0 Å². The van der Waals surface area contributed by atoms with Crippen molar-refractivity contribution in [3.05, 3.63) is 34.4 Å². The minimum Gasteiger partial charge on any atom is -0.453 e. The molecule has 1 aliphatic rings. The van der Waals surface area contributed by atoms with Crippen molar-refractivity contribution in [2.45, 2.75) is 23.8 Å². The number of hydrogen-bond donors (Lipinski definition) is 0. The van der Waals surface area contributed by atoms with Gasteiger partial charge in [0.15, 0.2) is 0 Å². The molecule has 1 fully saturated rings. The summed E-state index contributed by atoms with van der Waals surface area (Å²) in [6.45, 7) is 0.718. The quantitative estimate of drug-likeness (QED) is 0.261. The smallest absolute Gasteiger partial charge is 0.325 e. The van der Waals surface area contributed by atoms with Crippen LogP contribution >= 0.6 is 23.7 Å². The lowest BCUT2D eigenvalue weighted by atomic mass is 10.2. The molecule has 0 amide bonds. The minimum atomic E-state index is -0.403. The van der Waals surface area contributed by atoms with Crippen LogP contribution in [0.15, 0.2) is 29.2 Å². The highest BCUT2D eigenvalue weighted by Crippen LogP contribution is 2.36. The number of carbonyl (C=O) groups excluding carboxylic acids is 1. The standard InChI is InChI=1S/C13H16N2O4S2/c1-20-9-19-13(16)11-6-4-8-14(11)21-12-7-3-2-5-10(12)15(17)18/h2-3,5,7,11H,4,6,8-9H2,1H3/t11-/m0/s1. The fraction of sp³-hybridized carbons (Fsp3) is 0.462. The summed E-state index contributed by atoms with van der Waals surface area (Å²) in [5, 5.41) is 11.0. The van der Waals surface area contributed by atoms with E-state index in [2.05, 4.69) is 0 Å². The van der Waals surface area contributed by atoms with Gasteiger partial charge in [0.1, 0.15) is 16.9 Å². The zero-order valence-electron chi connectivity index (χ0n) is 11.6. The van der Waals surface area contributed by atoms with E-state index in [9.17, 15) is 14.9 Å². The number of esters is 1. The molecule has 0 aliphatic carbocycles. The molecular weight excluding hydrogens is 312 g/mol. The highest BCUT2D eigenvalue weighted by Gasteiger charge is 2.34. The van der Waals surface area contributed by atoms with E-state index in [4.69, 9.17) is 4.74 Å². The molecule has 0 bridgehead atoms. The van der Waals surface area contributed by atoms with Crippen molar-refractivity contribution >= 4 is 35.4 Å². The van der Waals surface area contributed by atoms with Gasteiger partial charge in [-0.2, -0.15) is 0 Å². The van der Waals surface area contributed by atoms with Crippen molar-refractivity contribution in [3.63, 3.8) is 0 Å². The number of thioether (sulfide) groups is 1. The van der Waals surface area contributed by atoms with Crippen LogP contribution in [0.1, 0.15) is 12.8 Å². The fourth-order valence-electron chi connectivity index (χ4n) is 2.11. The molecule has 114 valence electrons. The topological polar surface area (TPSA) is 72.7 Å². The van der Waals surface area contributed by atoms with Crippen molar-refractivity contribution in [1.29, 1.82) is 0 Å². The lowest BCUT2D eigenvalue weighted by molar-refractivity contribution is -0.387. The molecule has 0 saturated carbocycles. The maximum absolute atomic E-state index is 12.0. The van der Waals surface area contributed by atoms with Crippen LogP contribution in [0.4, 0.5) is 5.69 Å². The first-order valence-electron chi connectivity index (χ1n) is 6.47. The monoisotopic (exact) mass is 328 g/mol. The zero-order chi connectivity index (χ0) is 15.2. The molecule has 1 aliphatic heterocycles. The molecule has 1 aromatic carbocycles. The van der Waals surface area contributed by atoms with Crippen LogP contribution in [-0.2, 0) is 9.53 Å². The molecule has 0 N–H and O–H groups in total. The maximum Gasteiger partial charge on any atom is 0.325 e. The van der Waals surface area contributed by atoms with Crippen LogP contribution in [0.5, 0.6) is 0 Å². The number of carbonyl (C=O) groups is 1. The predicted octanol–water partition coefficient (Wildman–Crippen LogP) is 2.93. The van der Waals surface area contributed by atoms with Crippen molar-refractivity contribution in [2.24, 2.45) is 0 Å². The third kappa shape index (κ3) is 4.12. The Balaban J connectivity index is 2.08. The minimum absolute atomic E-state index is 0.0608. The molecule has 1 aromatic rings. The predicted molar refractivity (Wildman–Crippen MR) is 83.2 cm³/mol. The third-order valence-electron chi connectivity index (χ3n) is 3.07. The van der Waals surface area contributed by atoms with E-state index in [1.54, 1.807) is 18.2 Å². The number of rotatable bonds is 6. The number of ether oxygens (including phenoxy) is 1. The molecule has 1 atom stereocenters. The normalized spacial score (nSPS) is 18.6. The molecule has 0 spiro atoms. The van der Waals surface area contributed by atoms with Crippen molar-refractivity contribution < 1.29 is 14.5 Å². The number of para-hydroxylation sites is 1. The van der Waals surface area contributed by atoms with E-state index >= 15 is 0 Å². The zero-order valence-corrected chi connectivity index (χ0v) is 13.2. The van der Waals surface area contributed by atoms with Gasteiger partial charge >= 0.3 is 5.97 Å². The highest BCUT2D eigenvalue weighted by molar-refractivity contribution is 7.98. The Bertz CT molecular complexity index is 527. The van der Waals surface area contributed by atoms with E-state index < -0.39 is 4.92 Å². The lowest BCUT2D eigenvalue weighted by Crippen LogP contribution is -2.32. The summed E-state index contributed by atoms with van der Waals surface area (Å²) in [4.78, 5) is 23.2. The van der Waals surface area contributed by atoms with Gasteiger partial charge in [-0.15, -0.1) is 11.8 Å². The maximum atomic E-state index is 12.0. The van der Waals surface area contributed by atoms with Crippen LogP contribution in [0.25, 0.3) is 0 Å². The second-order valence-corrected chi connectivity index (χ2v) is 6.39. The van der Waals surface area contributed by atoms with E-state index in [-0.39, 0.29) is 17.7 Å². The van der Waals surface area contributed by atoms with Crippen LogP contribution in [0.2, 0.25) is 0 Å². The van der Waals surface area contributed by atoms with Gasteiger partial charge in [-0.05, 0) is 37.1 Å². The Morgan fingerprint density at radius 1 is 1.52 bits per heavy atom. The Hall–Kier alpha value is -1.25. The van der Waals surface area contributed by atoms with Crippen molar-refractivity contribution in [1.82, 2.24) is 4.31 Å². The molecule has 0 aromatic heterocycles. The van der Waals surface area contributed by atoms with Crippen LogP contribution in [0.3, 0.4) is 0 Å². The number of benzene rings is 1. The second-order valence-electron chi connectivity index (χ2n) is 4.48. The molecule has 8 heteroatoms. The number of nitro benzene ring substituents is 1. The van der Waals surface area contributed by atoms with Gasteiger partial charge in [0.05, 0.1) is 4.92 Å². The van der Waals surface area contributed by atoms with Crippen LogP contribution in [0, 0.1) is 10.1 Å². The fourth-order valence-corrected chi connectivity index (χ4v) is 3.51. The molecule has 1 saturated heterocycles. The SMILES string of the molecule is CSCOC(=O)[C@@H]1CCCN1Sc1ccccc1[N+](=O)[O-]. The summed E-state index contributed by atoms with van der Waals surface area (Å²) < 4.78 is 7.04. The summed E-state index contributed by atoms with van der Waals surface area (Å²) in [6, 6.07) is 6.23. The first-order valence-corrected chi connectivity index (χ1v) is 8.64. The van der Waals surface area contributed by atoms with Gasteiger partial charge in [0, 0.05) is 12.6 Å². The average Bonchev–Trinajstić information content (AvgIpc) is 2.93. The second kappa shape index (κ2) is 7.67. The summed E-state index contributed by atoms with van der Waals surface area (Å²) in [7, 11) is 0. The Labute approximate surface area is 131 Å². The third-order valence-corrected chi connectivity index (χ3v) is 4.64. The van der Waals surface area contributed by atoms with Gasteiger partial charge in [-0.25, -0.2) is 4.31 Å². The van der Waals surface area contributed by atoms with Gasteiger partial charge in [0.25, 0.3) is 5.69 Å². The number of nitro groups is 1. The number of nitrogens with zero attached hydrogens (tertiary/aromatic N) is 2. The molecule has 6 nitrogen and oxygen atoms in total. The van der Waals surface area contributed by atoms with E-state index in [0.717, 1.165) is 19.4 Å². The Morgan fingerprint density at radius 2 is 2.29 bits per heavy atom. The van der Waals surface area contributed by atoms with Gasteiger partial charge in [-0.3, -0.25) is 14.9 Å². The van der Waals surface area contributed by atoms with Gasteiger partial charge in [-0.1, -0.05) is 12.1 Å². The summed E-state index contributed by atoms with van der Waals surface area (Å²) in [6.07, 6.45) is 3.47. The van der Waals surface area contributed by atoms with E-state index in [1.165, 1.54) is 29.8 Å². The lowest BCUT2D eigenvalue weighted by Gasteiger charge is -2.21. The van der Waals surface area contributed by atoms with Crippen molar-refractivity contribution in [2.75, 3.05) is 18.7 Å². The molecular formula is C13H16N2O4S2. The van der Waals surface area contributed by atoms with Crippen molar-refractivity contribution in [3.8, 4) is 0 Å². The highest BCUT2D eigenvalue weighted by atomic mass is 32.2. The first kappa shape index (κ1) is 16.1. The van der Waals surface area contributed by atoms with Crippen LogP contribution < -0.4 is 0 Å². The molecule has 2 rings (SSSR count). The molecule has 0 unspecified atom stereocenters. The van der Waals surface area contributed by atoms with E-state index in [0.29, 0.717) is 10.8 Å². The van der Waals surface area contributed by atoms with Gasteiger partial charge in [0.2, 0.25) is 0 Å². The Kier molecular flexibility index (Phi) is 5.89. The van der Waals surface area contributed by atoms with E-state index in [1.807, 2.05) is 10.6 Å². The van der Waals surface area contributed by atoms with Gasteiger partial charge < -0.3 is 4.74 Å². The average molecular weight is 328 g/mol. The molecule has 1 heterocycles. The number of hydrogen-bond acceptors (Lipinski definition) is 7. The summed E-state index contributed by atoms with van der Waals surface area (Å²) in [5.74, 6) is 0.0761. The Morgan fingerprint density at radius 3 is 3.00 bits per heavy atom. The summed E-state index contributed by atoms with van der Waals surface area (Å²) in [5.41, 5.74) is 0.0608. The largest absolute Gasteiger partial charge is 0.453 e. The molecule has 21 heavy (non-hydrogen) atoms.